The van der Waals surface area contributed by atoms with Gasteiger partial charge in [-0.1, -0.05) is 18.2 Å². The van der Waals surface area contributed by atoms with Crippen molar-refractivity contribution in [2.45, 2.75) is 19.5 Å². The highest BCUT2D eigenvalue weighted by Gasteiger charge is 2.14. The van der Waals surface area contributed by atoms with Crippen LogP contribution < -0.4 is 15.0 Å². The zero-order valence-electron chi connectivity index (χ0n) is 15.6. The molecule has 0 aromatic heterocycles. The molecule has 0 heterocycles. The molecule has 0 radical (unpaired) electrons. The topological polar surface area (TPSA) is 63.0 Å². The maximum Gasteiger partial charge on any atom is 0.251 e. The zero-order valence-corrected chi connectivity index (χ0v) is 15.6. The second-order valence-corrected chi connectivity index (χ2v) is 6.37. The number of ether oxygens (including phenoxy) is 1. The van der Waals surface area contributed by atoms with E-state index in [1.807, 2.05) is 36.4 Å². The van der Waals surface area contributed by atoms with E-state index in [0.29, 0.717) is 24.3 Å². The van der Waals surface area contributed by atoms with E-state index in [1.165, 1.54) is 4.90 Å². The highest BCUT2D eigenvalue weighted by atomic mass is 16.5. The Balaban J connectivity index is 2.11. The third-order valence-electron chi connectivity index (χ3n) is 4.28. The van der Waals surface area contributed by atoms with E-state index in [2.05, 4.69) is 18.9 Å². The Hall–Kier alpha value is -2.79. The number of aromatic hydroxyl groups is 1. The molecule has 0 fully saturated rings. The van der Waals surface area contributed by atoms with Crippen molar-refractivity contribution >= 4 is 5.91 Å². The Kier molecular flexibility index (Phi) is 6.81. The average Bonchev–Trinajstić information content (AvgIpc) is 2.64. The minimum Gasteiger partial charge on any atom is -0.507 e. The smallest absolute Gasteiger partial charge is 0.251 e. The number of methoxy groups -OCH3 is 1. The van der Waals surface area contributed by atoms with Gasteiger partial charge in [0, 0.05) is 23.7 Å². The quantitative estimate of drug-likeness (QED) is 0.632. The van der Waals surface area contributed by atoms with Crippen molar-refractivity contribution in [1.29, 1.82) is 0 Å². The Bertz CT molecular complexity index is 770. The van der Waals surface area contributed by atoms with Crippen LogP contribution in [0.15, 0.2) is 49.1 Å². The van der Waals surface area contributed by atoms with Crippen LogP contribution in [0.5, 0.6) is 11.5 Å². The van der Waals surface area contributed by atoms with Crippen LogP contribution in [0.2, 0.25) is 0 Å². The second kappa shape index (κ2) is 9.06. The summed E-state index contributed by atoms with van der Waals surface area (Å²) < 4.78 is 5.35. The first-order chi connectivity index (χ1) is 12.5. The van der Waals surface area contributed by atoms with Gasteiger partial charge in [0.15, 0.2) is 0 Å². The third kappa shape index (κ3) is 4.86. The molecule has 0 saturated carbocycles. The molecule has 138 valence electrons. The van der Waals surface area contributed by atoms with Gasteiger partial charge in [0.05, 0.1) is 19.7 Å². The first-order valence-corrected chi connectivity index (χ1v) is 8.60. The van der Waals surface area contributed by atoms with Crippen molar-refractivity contribution < 1.29 is 19.5 Å². The SMILES string of the molecule is C=CCc1cc(OC)cc(C[NH+](C)Cc2ccc(C(=O)NC)cc2)c1O. The van der Waals surface area contributed by atoms with Crippen LogP contribution in [0.25, 0.3) is 0 Å². The highest BCUT2D eigenvalue weighted by Crippen LogP contribution is 2.28. The molecule has 0 aliphatic heterocycles. The van der Waals surface area contributed by atoms with E-state index in [9.17, 15) is 9.90 Å². The largest absolute Gasteiger partial charge is 0.507 e. The molecule has 26 heavy (non-hydrogen) atoms. The standard InChI is InChI=1S/C21H26N2O3/c1-5-6-17-11-19(26-4)12-18(20(17)24)14-23(3)13-15-7-9-16(10-8-15)21(25)22-2/h5,7-12,24H,1,6,13-14H2,2-4H3,(H,22,25)/p+1. The number of hydrogen-bond acceptors (Lipinski definition) is 3. The first kappa shape index (κ1) is 19.5. The van der Waals surface area contributed by atoms with E-state index in [0.717, 1.165) is 29.0 Å². The number of carbonyl (C=O) groups is 1. The molecule has 1 atom stereocenters. The minimum absolute atomic E-state index is 0.0895. The van der Waals surface area contributed by atoms with Gasteiger partial charge in [-0.05, 0) is 30.7 Å². The molecule has 5 nitrogen and oxygen atoms in total. The van der Waals surface area contributed by atoms with Crippen molar-refractivity contribution in [2.24, 2.45) is 0 Å². The van der Waals surface area contributed by atoms with Crippen LogP contribution >= 0.6 is 0 Å². The molecular weight excluding hydrogens is 328 g/mol. The maximum atomic E-state index is 11.6. The lowest BCUT2D eigenvalue weighted by Crippen LogP contribution is -3.06. The molecule has 0 aliphatic rings. The van der Waals surface area contributed by atoms with E-state index >= 15 is 0 Å². The van der Waals surface area contributed by atoms with E-state index in [4.69, 9.17) is 4.74 Å². The number of nitrogens with one attached hydrogen (secondary N) is 2. The predicted octanol–water partition coefficient (Wildman–Crippen LogP) is 1.70. The second-order valence-electron chi connectivity index (χ2n) is 6.37. The van der Waals surface area contributed by atoms with E-state index in [1.54, 1.807) is 20.2 Å². The van der Waals surface area contributed by atoms with Gasteiger partial charge in [0.1, 0.15) is 24.6 Å². The van der Waals surface area contributed by atoms with Crippen molar-refractivity contribution in [1.82, 2.24) is 5.32 Å². The Morgan fingerprint density at radius 1 is 1.23 bits per heavy atom. The van der Waals surface area contributed by atoms with Crippen molar-refractivity contribution in [3.05, 3.63) is 71.3 Å². The lowest BCUT2D eigenvalue weighted by atomic mass is 10.0. The van der Waals surface area contributed by atoms with Gasteiger partial charge in [-0.15, -0.1) is 6.58 Å². The molecule has 0 aliphatic carbocycles. The zero-order chi connectivity index (χ0) is 19.1. The molecule has 5 heteroatoms. The number of allylic oxidation sites excluding steroid dienone is 1. The fraction of sp³-hybridized carbons (Fsp3) is 0.286. The van der Waals surface area contributed by atoms with Crippen LogP contribution in [0, 0.1) is 0 Å². The summed E-state index contributed by atoms with van der Waals surface area (Å²) in [6, 6.07) is 11.3. The number of hydrogen-bond donors (Lipinski definition) is 3. The molecule has 2 aromatic carbocycles. The molecular formula is C21H27N2O3+. The monoisotopic (exact) mass is 355 g/mol. The summed E-state index contributed by atoms with van der Waals surface area (Å²) in [5.74, 6) is 0.950. The third-order valence-corrected chi connectivity index (χ3v) is 4.28. The summed E-state index contributed by atoms with van der Waals surface area (Å²) in [4.78, 5) is 12.8. The molecule has 2 aromatic rings. The van der Waals surface area contributed by atoms with Crippen LogP contribution in [0.4, 0.5) is 0 Å². The fourth-order valence-corrected chi connectivity index (χ4v) is 2.95. The molecule has 1 unspecified atom stereocenters. The number of rotatable bonds is 8. The number of phenolic OH excluding ortho intramolecular Hbond substituents is 1. The van der Waals surface area contributed by atoms with E-state index < -0.39 is 0 Å². The number of amides is 1. The van der Waals surface area contributed by atoms with Gasteiger partial charge in [-0.3, -0.25) is 4.79 Å². The molecule has 2 rings (SSSR count). The molecule has 1 amide bonds. The van der Waals surface area contributed by atoms with Gasteiger partial charge in [-0.25, -0.2) is 0 Å². The number of carbonyl (C=O) groups excluding carboxylic acids is 1. The summed E-state index contributed by atoms with van der Waals surface area (Å²) in [6.45, 7) is 5.18. The molecule has 0 saturated heterocycles. The summed E-state index contributed by atoms with van der Waals surface area (Å²) >= 11 is 0. The maximum absolute atomic E-state index is 11.6. The van der Waals surface area contributed by atoms with Gasteiger partial charge >= 0.3 is 0 Å². The Morgan fingerprint density at radius 2 is 1.88 bits per heavy atom. The molecule has 0 bridgehead atoms. The lowest BCUT2D eigenvalue weighted by molar-refractivity contribution is -0.907. The van der Waals surface area contributed by atoms with Gasteiger partial charge < -0.3 is 20.1 Å². The van der Waals surface area contributed by atoms with Gasteiger partial charge in [0.25, 0.3) is 5.91 Å². The minimum atomic E-state index is -0.0895. The summed E-state index contributed by atoms with van der Waals surface area (Å²) in [7, 11) is 5.31. The summed E-state index contributed by atoms with van der Waals surface area (Å²) in [6.07, 6.45) is 2.36. The lowest BCUT2D eigenvalue weighted by Gasteiger charge is -2.17. The van der Waals surface area contributed by atoms with Crippen molar-refractivity contribution in [3.63, 3.8) is 0 Å². The van der Waals surface area contributed by atoms with Gasteiger partial charge in [0.2, 0.25) is 0 Å². The van der Waals surface area contributed by atoms with E-state index in [-0.39, 0.29) is 5.91 Å². The van der Waals surface area contributed by atoms with Crippen LogP contribution in [0.1, 0.15) is 27.0 Å². The fourth-order valence-electron chi connectivity index (χ4n) is 2.95. The predicted molar refractivity (Wildman–Crippen MR) is 103 cm³/mol. The highest BCUT2D eigenvalue weighted by molar-refractivity contribution is 5.93. The van der Waals surface area contributed by atoms with Gasteiger partial charge in [-0.2, -0.15) is 0 Å². The number of phenols is 1. The number of benzene rings is 2. The Morgan fingerprint density at radius 3 is 2.46 bits per heavy atom. The summed E-state index contributed by atoms with van der Waals surface area (Å²) in [5, 5.41) is 13.1. The molecule has 3 N–H and O–H groups in total. The normalized spacial score (nSPS) is 11.7. The molecule has 0 spiro atoms. The average molecular weight is 355 g/mol. The number of quaternary nitrogens is 1. The van der Waals surface area contributed by atoms with Crippen molar-refractivity contribution in [2.75, 3.05) is 21.2 Å². The van der Waals surface area contributed by atoms with Crippen LogP contribution in [0.3, 0.4) is 0 Å². The first-order valence-electron chi connectivity index (χ1n) is 8.60. The van der Waals surface area contributed by atoms with Crippen molar-refractivity contribution in [3.8, 4) is 11.5 Å². The Labute approximate surface area is 154 Å². The summed E-state index contributed by atoms with van der Waals surface area (Å²) in [5.41, 5.74) is 3.44. The van der Waals surface area contributed by atoms with Crippen LogP contribution in [-0.4, -0.2) is 32.2 Å². The van der Waals surface area contributed by atoms with Crippen LogP contribution in [-0.2, 0) is 19.5 Å².